The Labute approximate surface area is 205 Å². The molecule has 2 aromatic rings. The molecule has 4 nitrogen and oxygen atoms in total. The van der Waals surface area contributed by atoms with Gasteiger partial charge in [-0.25, -0.2) is 0 Å². The zero-order valence-electron chi connectivity index (χ0n) is 18.4. The molecule has 0 aliphatic heterocycles. The normalized spacial score (nSPS) is 14.8. The Hall–Kier alpha value is -1.69. The molecule has 0 saturated heterocycles. The van der Waals surface area contributed by atoms with Gasteiger partial charge in [0.05, 0.1) is 0 Å². The van der Waals surface area contributed by atoms with E-state index in [2.05, 4.69) is 5.32 Å². The zero-order chi connectivity index (χ0) is 22.9. The summed E-state index contributed by atoms with van der Waals surface area (Å²) in [6.45, 7) is 2.13. The lowest BCUT2D eigenvalue weighted by Gasteiger charge is -2.30. The summed E-state index contributed by atoms with van der Waals surface area (Å²) in [4.78, 5) is 28.9. The van der Waals surface area contributed by atoms with Crippen LogP contribution in [0, 0.1) is 0 Å². The average Bonchev–Trinajstić information content (AvgIpc) is 3.30. The number of carbonyl (C=O) groups is 2. The number of carbonyl (C=O) groups excluding carboxylic acids is 2. The van der Waals surface area contributed by atoms with Gasteiger partial charge in [0.15, 0.2) is 0 Å². The van der Waals surface area contributed by atoms with Crippen molar-refractivity contribution in [3.05, 3.63) is 64.1 Å². The summed E-state index contributed by atoms with van der Waals surface area (Å²) in [5.41, 5.74) is 0.846. The summed E-state index contributed by atoms with van der Waals surface area (Å²) in [6.07, 6.45) is 5.42. The highest BCUT2D eigenvalue weighted by Crippen LogP contribution is 2.23. The van der Waals surface area contributed by atoms with Crippen LogP contribution in [0.25, 0.3) is 0 Å². The fraction of sp³-hybridized carbons (Fsp3) is 0.440. The number of benzene rings is 2. The molecular formula is C25H30Cl2N2O2S. The van der Waals surface area contributed by atoms with Crippen molar-refractivity contribution in [1.29, 1.82) is 0 Å². The molecule has 32 heavy (non-hydrogen) atoms. The van der Waals surface area contributed by atoms with Gasteiger partial charge in [-0.15, -0.1) is 11.8 Å². The van der Waals surface area contributed by atoms with Crippen molar-refractivity contribution < 1.29 is 9.59 Å². The van der Waals surface area contributed by atoms with Gasteiger partial charge >= 0.3 is 0 Å². The number of hydrogen-bond donors (Lipinski definition) is 1. The van der Waals surface area contributed by atoms with Crippen molar-refractivity contribution in [2.24, 2.45) is 0 Å². The lowest BCUT2D eigenvalue weighted by atomic mass is 10.1. The standard InChI is InChI=1S/C25H30Cl2N2O2S/c1-18(25(31)28-21-8-3-4-9-21)29(17-19-7-2-5-10-23(19)27)24(30)11-6-16-32-22-14-12-20(26)13-15-22/h2,5,7,10,12-15,18,21H,3-4,6,8-9,11,16-17H2,1H3,(H,28,31). The fourth-order valence-corrected chi connectivity index (χ4v) is 5.05. The third-order valence-corrected chi connectivity index (χ3v) is 7.50. The highest BCUT2D eigenvalue weighted by Gasteiger charge is 2.28. The molecule has 1 unspecified atom stereocenters. The Morgan fingerprint density at radius 1 is 1.09 bits per heavy atom. The number of thioether (sulfide) groups is 1. The summed E-state index contributed by atoms with van der Waals surface area (Å²) in [6, 6.07) is 14.8. The molecule has 2 aromatic carbocycles. The highest BCUT2D eigenvalue weighted by molar-refractivity contribution is 7.99. The van der Waals surface area contributed by atoms with E-state index in [4.69, 9.17) is 23.2 Å². The molecule has 1 aliphatic rings. The molecule has 0 aromatic heterocycles. The molecule has 3 rings (SSSR count). The van der Waals surface area contributed by atoms with Gasteiger partial charge in [0, 0.05) is 33.9 Å². The van der Waals surface area contributed by atoms with Crippen molar-refractivity contribution in [2.75, 3.05) is 5.75 Å². The van der Waals surface area contributed by atoms with E-state index in [-0.39, 0.29) is 17.9 Å². The second-order valence-electron chi connectivity index (χ2n) is 8.18. The largest absolute Gasteiger partial charge is 0.352 e. The number of halogens is 2. The van der Waals surface area contributed by atoms with Crippen LogP contribution in [0.4, 0.5) is 0 Å². The van der Waals surface area contributed by atoms with Gasteiger partial charge in [0.25, 0.3) is 0 Å². The van der Waals surface area contributed by atoms with Gasteiger partial charge in [-0.1, -0.05) is 54.2 Å². The van der Waals surface area contributed by atoms with Gasteiger partial charge in [-0.05, 0) is 67.8 Å². The first-order valence-electron chi connectivity index (χ1n) is 11.2. The van der Waals surface area contributed by atoms with Crippen LogP contribution in [-0.4, -0.2) is 34.6 Å². The molecular weight excluding hydrogens is 463 g/mol. The third-order valence-electron chi connectivity index (χ3n) is 5.78. The Bertz CT molecular complexity index is 901. The lowest BCUT2D eigenvalue weighted by Crippen LogP contribution is -2.49. The van der Waals surface area contributed by atoms with Gasteiger partial charge in [0.2, 0.25) is 11.8 Å². The number of rotatable bonds is 10. The number of nitrogens with one attached hydrogen (secondary N) is 1. The minimum atomic E-state index is -0.553. The number of nitrogens with zero attached hydrogens (tertiary/aromatic N) is 1. The van der Waals surface area contributed by atoms with Crippen molar-refractivity contribution in [3.63, 3.8) is 0 Å². The molecule has 172 valence electrons. The van der Waals surface area contributed by atoms with Crippen LogP contribution in [0.2, 0.25) is 10.0 Å². The second kappa shape index (κ2) is 12.5. The molecule has 1 fully saturated rings. The summed E-state index contributed by atoms with van der Waals surface area (Å²) >= 11 is 14.0. The predicted octanol–water partition coefficient (Wildman–Crippen LogP) is 6.34. The van der Waals surface area contributed by atoms with Crippen LogP contribution in [-0.2, 0) is 16.1 Å². The average molecular weight is 494 g/mol. The molecule has 2 amide bonds. The molecule has 1 aliphatic carbocycles. The monoisotopic (exact) mass is 492 g/mol. The van der Waals surface area contributed by atoms with E-state index in [1.165, 1.54) is 0 Å². The van der Waals surface area contributed by atoms with Crippen LogP contribution in [0.15, 0.2) is 53.4 Å². The third kappa shape index (κ3) is 7.43. The van der Waals surface area contributed by atoms with E-state index in [0.29, 0.717) is 23.0 Å². The zero-order valence-corrected chi connectivity index (χ0v) is 20.7. The van der Waals surface area contributed by atoms with E-state index < -0.39 is 6.04 Å². The molecule has 0 heterocycles. The maximum Gasteiger partial charge on any atom is 0.242 e. The molecule has 1 N–H and O–H groups in total. The van der Waals surface area contributed by atoms with Crippen LogP contribution in [0.1, 0.15) is 51.0 Å². The van der Waals surface area contributed by atoms with E-state index in [0.717, 1.165) is 48.3 Å². The molecule has 0 radical (unpaired) electrons. The Morgan fingerprint density at radius 3 is 2.47 bits per heavy atom. The molecule has 0 spiro atoms. The highest BCUT2D eigenvalue weighted by atomic mass is 35.5. The maximum atomic E-state index is 13.2. The number of hydrogen-bond acceptors (Lipinski definition) is 3. The Morgan fingerprint density at radius 2 is 1.78 bits per heavy atom. The maximum absolute atomic E-state index is 13.2. The van der Waals surface area contributed by atoms with Crippen LogP contribution in [0.3, 0.4) is 0 Å². The lowest BCUT2D eigenvalue weighted by molar-refractivity contribution is -0.140. The predicted molar refractivity (Wildman–Crippen MR) is 133 cm³/mol. The molecule has 1 saturated carbocycles. The first-order chi connectivity index (χ1) is 15.4. The smallest absolute Gasteiger partial charge is 0.242 e. The van der Waals surface area contributed by atoms with Crippen LogP contribution >= 0.6 is 35.0 Å². The first-order valence-corrected chi connectivity index (χ1v) is 12.9. The van der Waals surface area contributed by atoms with E-state index >= 15 is 0 Å². The van der Waals surface area contributed by atoms with Crippen molar-refractivity contribution in [2.45, 2.75) is 69.0 Å². The Kier molecular flexibility index (Phi) is 9.76. The molecule has 7 heteroatoms. The molecule has 1 atom stereocenters. The van der Waals surface area contributed by atoms with Crippen molar-refractivity contribution in [3.8, 4) is 0 Å². The van der Waals surface area contributed by atoms with Gasteiger partial charge in [-0.2, -0.15) is 0 Å². The SMILES string of the molecule is CC(C(=O)NC1CCCC1)N(Cc1ccccc1Cl)C(=O)CCCSc1ccc(Cl)cc1. The summed E-state index contributed by atoms with van der Waals surface area (Å²) < 4.78 is 0. The summed E-state index contributed by atoms with van der Waals surface area (Å²) in [7, 11) is 0. The van der Waals surface area contributed by atoms with E-state index in [9.17, 15) is 9.59 Å². The topological polar surface area (TPSA) is 49.4 Å². The second-order valence-corrected chi connectivity index (χ2v) is 10.2. The van der Waals surface area contributed by atoms with Crippen LogP contribution < -0.4 is 5.32 Å². The Balaban J connectivity index is 1.60. The van der Waals surface area contributed by atoms with E-state index in [1.54, 1.807) is 16.7 Å². The fourth-order valence-electron chi connectivity index (χ4n) is 3.87. The molecule has 0 bridgehead atoms. The van der Waals surface area contributed by atoms with Crippen molar-refractivity contribution in [1.82, 2.24) is 10.2 Å². The minimum Gasteiger partial charge on any atom is -0.352 e. The van der Waals surface area contributed by atoms with Gasteiger partial charge in [-0.3, -0.25) is 9.59 Å². The minimum absolute atomic E-state index is 0.0318. The summed E-state index contributed by atoms with van der Waals surface area (Å²) in [5.74, 6) is 0.694. The first kappa shape index (κ1) is 24.9. The quantitative estimate of drug-likeness (QED) is 0.310. The van der Waals surface area contributed by atoms with Gasteiger partial charge in [0.1, 0.15) is 6.04 Å². The number of amides is 2. The van der Waals surface area contributed by atoms with E-state index in [1.807, 2.05) is 55.5 Å². The van der Waals surface area contributed by atoms with Crippen molar-refractivity contribution >= 4 is 46.8 Å². The van der Waals surface area contributed by atoms with Gasteiger partial charge < -0.3 is 10.2 Å². The van der Waals surface area contributed by atoms with Crippen LogP contribution in [0.5, 0.6) is 0 Å². The summed E-state index contributed by atoms with van der Waals surface area (Å²) in [5, 5.41) is 4.44.